The molecule has 3 N–H and O–H groups in total. The number of hydrogen-bond donors (Lipinski definition) is 2. The van der Waals surface area contributed by atoms with Gasteiger partial charge in [0.2, 0.25) is 0 Å². The molecule has 0 aromatic heterocycles. The molecule has 0 aliphatic rings. The quantitative estimate of drug-likeness (QED) is 0.839. The van der Waals surface area contributed by atoms with Crippen molar-refractivity contribution in [2.24, 2.45) is 5.73 Å². The van der Waals surface area contributed by atoms with Crippen LogP contribution in [-0.2, 0) is 0 Å². The third-order valence-corrected chi connectivity index (χ3v) is 2.23. The molecule has 0 amide bonds. The van der Waals surface area contributed by atoms with Crippen molar-refractivity contribution >= 4 is 12.4 Å². The highest BCUT2D eigenvalue weighted by atomic mass is 35.5. The van der Waals surface area contributed by atoms with Crippen molar-refractivity contribution < 1.29 is 9.50 Å². The van der Waals surface area contributed by atoms with Crippen LogP contribution in [0.2, 0.25) is 0 Å². The fraction of sp³-hybridized carbons (Fsp3) is 0.455. The zero-order chi connectivity index (χ0) is 10.6. The van der Waals surface area contributed by atoms with Crippen LogP contribution in [0.4, 0.5) is 4.39 Å². The summed E-state index contributed by atoms with van der Waals surface area (Å²) < 4.78 is 12.8. The first-order chi connectivity index (χ1) is 6.65. The molecule has 15 heavy (non-hydrogen) atoms. The van der Waals surface area contributed by atoms with Crippen molar-refractivity contribution in [1.82, 2.24) is 0 Å². The van der Waals surface area contributed by atoms with E-state index in [0.717, 1.165) is 6.42 Å². The van der Waals surface area contributed by atoms with E-state index in [1.165, 1.54) is 12.1 Å². The highest BCUT2D eigenvalue weighted by molar-refractivity contribution is 5.85. The predicted molar refractivity (Wildman–Crippen MR) is 61.5 cm³/mol. The molecule has 1 rings (SSSR count). The van der Waals surface area contributed by atoms with E-state index in [1.54, 1.807) is 12.1 Å². The van der Waals surface area contributed by atoms with E-state index in [9.17, 15) is 9.50 Å². The van der Waals surface area contributed by atoms with Crippen molar-refractivity contribution in [2.75, 3.05) is 0 Å². The summed E-state index contributed by atoms with van der Waals surface area (Å²) in [6.07, 6.45) is 0.906. The lowest BCUT2D eigenvalue weighted by Crippen LogP contribution is -2.25. The minimum Gasteiger partial charge on any atom is -0.391 e. The zero-order valence-corrected chi connectivity index (χ0v) is 9.51. The number of hydrogen-bond acceptors (Lipinski definition) is 2. The van der Waals surface area contributed by atoms with Gasteiger partial charge in [-0.2, -0.15) is 0 Å². The molecule has 0 heterocycles. The van der Waals surface area contributed by atoms with Crippen LogP contribution in [-0.4, -0.2) is 11.2 Å². The molecule has 0 bridgehead atoms. The van der Waals surface area contributed by atoms with Gasteiger partial charge in [0, 0.05) is 0 Å². The smallest absolute Gasteiger partial charge is 0.123 e. The Morgan fingerprint density at radius 2 is 2.13 bits per heavy atom. The second kappa shape index (κ2) is 6.77. The van der Waals surface area contributed by atoms with Gasteiger partial charge in [0.25, 0.3) is 0 Å². The van der Waals surface area contributed by atoms with Crippen LogP contribution in [0.5, 0.6) is 0 Å². The number of rotatable bonds is 4. The van der Waals surface area contributed by atoms with E-state index in [0.29, 0.717) is 12.0 Å². The van der Waals surface area contributed by atoms with Gasteiger partial charge in [-0.25, -0.2) is 4.39 Å². The largest absolute Gasteiger partial charge is 0.391 e. The monoisotopic (exact) mass is 233 g/mol. The van der Waals surface area contributed by atoms with Gasteiger partial charge in [0.05, 0.1) is 12.1 Å². The maximum atomic E-state index is 12.8. The SMILES string of the molecule is CCC[C@@H](O)[C@@H](N)c1cccc(F)c1.Cl. The lowest BCUT2D eigenvalue weighted by atomic mass is 9.99. The van der Waals surface area contributed by atoms with Gasteiger partial charge in [0.1, 0.15) is 5.82 Å². The molecule has 0 spiro atoms. The molecule has 0 unspecified atom stereocenters. The fourth-order valence-corrected chi connectivity index (χ4v) is 1.41. The van der Waals surface area contributed by atoms with Gasteiger partial charge in [-0.05, 0) is 24.1 Å². The fourth-order valence-electron chi connectivity index (χ4n) is 1.41. The first-order valence-corrected chi connectivity index (χ1v) is 4.84. The Balaban J connectivity index is 0.00000196. The van der Waals surface area contributed by atoms with Gasteiger partial charge in [-0.1, -0.05) is 25.5 Å². The average Bonchev–Trinajstić information content (AvgIpc) is 2.17. The first-order valence-electron chi connectivity index (χ1n) is 4.84. The Bertz CT molecular complexity index is 296. The number of halogens is 2. The molecule has 1 aromatic carbocycles. The van der Waals surface area contributed by atoms with Crippen LogP contribution in [0.15, 0.2) is 24.3 Å². The molecule has 2 atom stereocenters. The Morgan fingerprint density at radius 3 is 2.67 bits per heavy atom. The summed E-state index contributed by atoms with van der Waals surface area (Å²) in [4.78, 5) is 0. The summed E-state index contributed by atoms with van der Waals surface area (Å²) >= 11 is 0. The molecule has 2 nitrogen and oxygen atoms in total. The molecular formula is C11H17ClFNO. The lowest BCUT2D eigenvalue weighted by molar-refractivity contribution is 0.134. The Labute approximate surface area is 95.7 Å². The summed E-state index contributed by atoms with van der Waals surface area (Å²) in [5, 5.41) is 9.61. The second-order valence-corrected chi connectivity index (χ2v) is 3.44. The van der Waals surface area contributed by atoms with E-state index in [4.69, 9.17) is 5.73 Å². The van der Waals surface area contributed by atoms with Crippen molar-refractivity contribution in [3.05, 3.63) is 35.6 Å². The molecule has 0 saturated heterocycles. The highest BCUT2D eigenvalue weighted by Crippen LogP contribution is 2.17. The van der Waals surface area contributed by atoms with Crippen LogP contribution in [0.1, 0.15) is 31.4 Å². The van der Waals surface area contributed by atoms with Gasteiger partial charge < -0.3 is 10.8 Å². The van der Waals surface area contributed by atoms with E-state index in [-0.39, 0.29) is 18.2 Å². The van der Waals surface area contributed by atoms with Crippen LogP contribution in [0, 0.1) is 5.82 Å². The molecular weight excluding hydrogens is 217 g/mol. The normalized spacial score (nSPS) is 14.1. The third kappa shape index (κ3) is 4.16. The number of nitrogens with two attached hydrogens (primary N) is 1. The maximum absolute atomic E-state index is 12.8. The van der Waals surface area contributed by atoms with Crippen molar-refractivity contribution in [2.45, 2.75) is 31.9 Å². The van der Waals surface area contributed by atoms with Crippen LogP contribution in [0.3, 0.4) is 0 Å². The standard InChI is InChI=1S/C11H16FNO.ClH/c1-2-4-10(14)11(13)8-5-3-6-9(12)7-8;/h3,5-7,10-11,14H,2,4,13H2,1H3;1H/t10-,11+;/m1./s1. The van der Waals surface area contributed by atoms with Crippen molar-refractivity contribution in [1.29, 1.82) is 0 Å². The predicted octanol–water partition coefficient (Wildman–Crippen LogP) is 2.41. The summed E-state index contributed by atoms with van der Waals surface area (Å²) in [6, 6.07) is 5.56. The van der Waals surface area contributed by atoms with Crippen molar-refractivity contribution in [3.63, 3.8) is 0 Å². The highest BCUT2D eigenvalue weighted by Gasteiger charge is 2.15. The Morgan fingerprint density at radius 1 is 1.47 bits per heavy atom. The summed E-state index contributed by atoms with van der Waals surface area (Å²) in [6.45, 7) is 1.97. The van der Waals surface area contributed by atoms with Crippen LogP contribution < -0.4 is 5.73 Å². The minimum absolute atomic E-state index is 0. The Kier molecular flexibility index (Phi) is 6.48. The number of aliphatic hydroxyl groups is 1. The van der Waals surface area contributed by atoms with Gasteiger partial charge in [0.15, 0.2) is 0 Å². The molecule has 0 saturated carbocycles. The summed E-state index contributed by atoms with van der Waals surface area (Å²) in [5.74, 6) is -0.318. The van der Waals surface area contributed by atoms with Gasteiger partial charge in [-0.15, -0.1) is 12.4 Å². The molecule has 0 fully saturated rings. The molecule has 0 aliphatic heterocycles. The topological polar surface area (TPSA) is 46.2 Å². The lowest BCUT2D eigenvalue weighted by Gasteiger charge is -2.18. The second-order valence-electron chi connectivity index (χ2n) is 3.44. The van der Waals surface area contributed by atoms with E-state index in [1.807, 2.05) is 6.92 Å². The zero-order valence-electron chi connectivity index (χ0n) is 8.69. The van der Waals surface area contributed by atoms with E-state index >= 15 is 0 Å². The first kappa shape index (κ1) is 14.4. The summed E-state index contributed by atoms with van der Waals surface area (Å²) in [7, 11) is 0. The summed E-state index contributed by atoms with van der Waals surface area (Å²) in [5.41, 5.74) is 6.42. The molecule has 0 aliphatic carbocycles. The third-order valence-electron chi connectivity index (χ3n) is 2.23. The number of benzene rings is 1. The van der Waals surface area contributed by atoms with Gasteiger partial charge >= 0.3 is 0 Å². The molecule has 0 radical (unpaired) electrons. The molecule has 86 valence electrons. The molecule has 4 heteroatoms. The van der Waals surface area contributed by atoms with E-state index in [2.05, 4.69) is 0 Å². The van der Waals surface area contributed by atoms with Crippen molar-refractivity contribution in [3.8, 4) is 0 Å². The van der Waals surface area contributed by atoms with E-state index < -0.39 is 12.1 Å². The van der Waals surface area contributed by atoms with Crippen LogP contribution in [0.25, 0.3) is 0 Å². The average molecular weight is 234 g/mol. The Hall–Kier alpha value is -0.640. The van der Waals surface area contributed by atoms with Crippen LogP contribution >= 0.6 is 12.4 Å². The number of aliphatic hydroxyl groups excluding tert-OH is 1. The maximum Gasteiger partial charge on any atom is 0.123 e. The minimum atomic E-state index is -0.596. The van der Waals surface area contributed by atoms with Gasteiger partial charge in [-0.3, -0.25) is 0 Å². The molecule has 1 aromatic rings.